The quantitative estimate of drug-likeness (QED) is 0.593. The lowest BCUT2D eigenvalue weighted by atomic mass is 10.2. The Morgan fingerprint density at radius 2 is 2.04 bits per heavy atom. The third kappa shape index (κ3) is 3.08. The topological polar surface area (TPSA) is 69.6 Å². The fourth-order valence-corrected chi connectivity index (χ4v) is 2.55. The molecule has 0 aliphatic rings. The molecule has 0 atom stereocenters. The van der Waals surface area contributed by atoms with Crippen molar-refractivity contribution in [3.8, 4) is 23.0 Å². The first-order chi connectivity index (χ1) is 12.1. The molecule has 0 saturated heterocycles. The summed E-state index contributed by atoms with van der Waals surface area (Å²) >= 11 is 3.39. The van der Waals surface area contributed by atoms with Gasteiger partial charge in [-0.05, 0) is 41.1 Å². The number of hydrogen-bond donors (Lipinski definition) is 0. The average molecular weight is 402 g/mol. The molecule has 25 heavy (non-hydrogen) atoms. The molecule has 0 radical (unpaired) electrons. The second kappa shape index (κ2) is 6.94. The zero-order chi connectivity index (χ0) is 18.0. The SMILES string of the molecule is C=C/C(Br)=C(\C=C)n1nnc(-c2nc(-c3ccccc3F)no2)c1C. The lowest BCUT2D eigenvalue weighted by Gasteiger charge is -2.05. The highest BCUT2D eigenvalue weighted by molar-refractivity contribution is 9.12. The molecular weight excluding hydrogens is 389 g/mol. The minimum Gasteiger partial charge on any atom is -0.332 e. The number of aromatic nitrogens is 5. The largest absolute Gasteiger partial charge is 0.332 e. The predicted octanol–water partition coefficient (Wildman–Crippen LogP) is 4.38. The molecule has 3 aromatic rings. The van der Waals surface area contributed by atoms with E-state index in [0.29, 0.717) is 21.6 Å². The minimum absolute atomic E-state index is 0.147. The van der Waals surface area contributed by atoms with E-state index in [1.807, 2.05) is 0 Å². The van der Waals surface area contributed by atoms with Crippen molar-refractivity contribution >= 4 is 21.6 Å². The van der Waals surface area contributed by atoms with Gasteiger partial charge in [-0.2, -0.15) is 4.98 Å². The van der Waals surface area contributed by atoms with Crippen LogP contribution in [0.2, 0.25) is 0 Å². The summed E-state index contributed by atoms with van der Waals surface area (Å²) in [4.78, 5) is 4.23. The monoisotopic (exact) mass is 401 g/mol. The molecule has 0 aliphatic heterocycles. The minimum atomic E-state index is -0.429. The van der Waals surface area contributed by atoms with Crippen LogP contribution >= 0.6 is 15.9 Å². The number of rotatable bonds is 5. The third-order valence-electron chi connectivity index (χ3n) is 3.48. The van der Waals surface area contributed by atoms with Crippen LogP contribution in [0.3, 0.4) is 0 Å². The number of nitrogens with zero attached hydrogens (tertiary/aromatic N) is 5. The van der Waals surface area contributed by atoms with Gasteiger partial charge in [-0.1, -0.05) is 41.7 Å². The van der Waals surface area contributed by atoms with Crippen LogP contribution in [-0.4, -0.2) is 25.1 Å². The van der Waals surface area contributed by atoms with Gasteiger partial charge in [-0.25, -0.2) is 9.07 Å². The van der Waals surface area contributed by atoms with Crippen molar-refractivity contribution in [2.45, 2.75) is 6.92 Å². The van der Waals surface area contributed by atoms with Crippen molar-refractivity contribution in [3.63, 3.8) is 0 Å². The highest BCUT2D eigenvalue weighted by Gasteiger charge is 2.20. The zero-order valence-electron chi connectivity index (χ0n) is 13.3. The van der Waals surface area contributed by atoms with E-state index in [4.69, 9.17) is 4.52 Å². The maximum atomic E-state index is 13.9. The fourth-order valence-electron chi connectivity index (χ4n) is 2.22. The van der Waals surface area contributed by atoms with Gasteiger partial charge in [0, 0.05) is 4.48 Å². The molecular formula is C17H13BrFN5O. The predicted molar refractivity (Wildman–Crippen MR) is 96.0 cm³/mol. The van der Waals surface area contributed by atoms with Crippen LogP contribution in [0.5, 0.6) is 0 Å². The summed E-state index contributed by atoms with van der Waals surface area (Å²) in [5.41, 5.74) is 1.99. The van der Waals surface area contributed by atoms with E-state index in [2.05, 4.69) is 49.5 Å². The molecule has 3 rings (SSSR count). The maximum absolute atomic E-state index is 13.9. The summed E-state index contributed by atoms with van der Waals surface area (Å²) in [5.74, 6) is -0.129. The van der Waals surface area contributed by atoms with E-state index in [1.54, 1.807) is 42.0 Å². The maximum Gasteiger partial charge on any atom is 0.280 e. The van der Waals surface area contributed by atoms with E-state index in [1.165, 1.54) is 6.07 Å². The summed E-state index contributed by atoms with van der Waals surface area (Å²) in [6.07, 6.45) is 3.25. The van der Waals surface area contributed by atoms with Crippen LogP contribution in [0, 0.1) is 12.7 Å². The van der Waals surface area contributed by atoms with E-state index in [0.717, 1.165) is 0 Å². The molecule has 0 aliphatic carbocycles. The lowest BCUT2D eigenvalue weighted by molar-refractivity contribution is 0.430. The molecule has 0 unspecified atom stereocenters. The van der Waals surface area contributed by atoms with Gasteiger partial charge >= 0.3 is 0 Å². The Morgan fingerprint density at radius 3 is 2.72 bits per heavy atom. The van der Waals surface area contributed by atoms with Crippen molar-refractivity contribution < 1.29 is 8.91 Å². The van der Waals surface area contributed by atoms with Gasteiger partial charge in [0.25, 0.3) is 5.89 Å². The van der Waals surface area contributed by atoms with Crippen molar-refractivity contribution in [2.24, 2.45) is 0 Å². The third-order valence-corrected chi connectivity index (χ3v) is 4.21. The van der Waals surface area contributed by atoms with E-state index in [-0.39, 0.29) is 17.3 Å². The van der Waals surface area contributed by atoms with Crippen LogP contribution in [0.25, 0.3) is 28.7 Å². The van der Waals surface area contributed by atoms with E-state index in [9.17, 15) is 4.39 Å². The van der Waals surface area contributed by atoms with Gasteiger partial charge in [0.15, 0.2) is 5.69 Å². The molecule has 8 heteroatoms. The van der Waals surface area contributed by atoms with Crippen molar-refractivity contribution in [1.29, 1.82) is 0 Å². The first-order valence-electron chi connectivity index (χ1n) is 7.23. The summed E-state index contributed by atoms with van der Waals surface area (Å²) in [7, 11) is 0. The molecule has 2 aromatic heterocycles. The Hall–Kier alpha value is -2.87. The molecule has 0 spiro atoms. The molecule has 0 amide bonds. The highest BCUT2D eigenvalue weighted by Crippen LogP contribution is 2.27. The van der Waals surface area contributed by atoms with Crippen LogP contribution in [0.1, 0.15) is 5.69 Å². The van der Waals surface area contributed by atoms with Gasteiger partial charge in [0.1, 0.15) is 5.82 Å². The molecule has 6 nitrogen and oxygen atoms in total. The first-order valence-corrected chi connectivity index (χ1v) is 8.02. The van der Waals surface area contributed by atoms with Crippen LogP contribution in [-0.2, 0) is 0 Å². The first kappa shape index (κ1) is 17.0. The van der Waals surface area contributed by atoms with E-state index < -0.39 is 5.82 Å². The lowest BCUT2D eigenvalue weighted by Crippen LogP contribution is -2.01. The standard InChI is InChI=1S/C17H13BrFN5O/c1-4-12(18)14(5-2)24-10(3)15(21-23-24)17-20-16(22-25-17)11-8-6-7-9-13(11)19/h4-9H,1-2H2,3H3/b14-12-. The smallest absolute Gasteiger partial charge is 0.280 e. The summed E-state index contributed by atoms with van der Waals surface area (Å²) in [5, 5.41) is 12.0. The normalized spacial score (nSPS) is 12.0. The van der Waals surface area contributed by atoms with Gasteiger partial charge in [0.05, 0.1) is 17.0 Å². The van der Waals surface area contributed by atoms with Gasteiger partial charge in [-0.15, -0.1) is 5.10 Å². The van der Waals surface area contributed by atoms with Gasteiger partial charge in [0.2, 0.25) is 5.82 Å². The molecule has 0 saturated carbocycles. The average Bonchev–Trinajstić information content (AvgIpc) is 3.23. The zero-order valence-corrected chi connectivity index (χ0v) is 14.9. The van der Waals surface area contributed by atoms with Crippen molar-refractivity contribution in [1.82, 2.24) is 25.1 Å². The molecule has 0 bridgehead atoms. The highest BCUT2D eigenvalue weighted by atomic mass is 79.9. The number of hydrogen-bond acceptors (Lipinski definition) is 5. The summed E-state index contributed by atoms with van der Waals surface area (Å²) in [6.45, 7) is 9.27. The molecule has 0 N–H and O–H groups in total. The second-order valence-corrected chi connectivity index (χ2v) is 5.83. The van der Waals surface area contributed by atoms with Gasteiger partial charge in [-0.3, -0.25) is 0 Å². The Kier molecular flexibility index (Phi) is 4.71. The summed E-state index contributed by atoms with van der Waals surface area (Å²) < 4.78 is 21.4. The Balaban J connectivity index is 2.04. The van der Waals surface area contributed by atoms with Crippen molar-refractivity contribution in [2.75, 3.05) is 0 Å². The molecule has 1 aromatic carbocycles. The van der Waals surface area contributed by atoms with Crippen LogP contribution in [0.4, 0.5) is 4.39 Å². The van der Waals surface area contributed by atoms with Crippen molar-refractivity contribution in [3.05, 3.63) is 65.6 Å². The fraction of sp³-hybridized carbons (Fsp3) is 0.0588. The van der Waals surface area contributed by atoms with Crippen LogP contribution in [0.15, 0.2) is 58.6 Å². The molecule has 2 heterocycles. The molecule has 126 valence electrons. The Morgan fingerprint density at radius 1 is 1.28 bits per heavy atom. The Bertz CT molecular complexity index is 989. The summed E-state index contributed by atoms with van der Waals surface area (Å²) in [6, 6.07) is 6.20. The Labute approximate surface area is 151 Å². The molecule has 0 fully saturated rings. The van der Waals surface area contributed by atoms with E-state index >= 15 is 0 Å². The number of allylic oxidation sites excluding steroid dienone is 4. The van der Waals surface area contributed by atoms with Gasteiger partial charge < -0.3 is 4.52 Å². The number of halogens is 2. The number of benzene rings is 1. The van der Waals surface area contributed by atoms with Crippen LogP contribution < -0.4 is 0 Å². The second-order valence-electron chi connectivity index (χ2n) is 4.98.